The number of anilines is 1. The summed E-state index contributed by atoms with van der Waals surface area (Å²) in [6.45, 7) is 1.93. The third kappa shape index (κ3) is 6.19. The fourth-order valence-electron chi connectivity index (χ4n) is 2.76. The van der Waals surface area contributed by atoms with Gasteiger partial charge in [-0.3, -0.25) is 4.79 Å². The summed E-state index contributed by atoms with van der Waals surface area (Å²) in [6, 6.07) is 9.04. The molecule has 0 saturated carbocycles. The van der Waals surface area contributed by atoms with E-state index in [-0.39, 0.29) is 40.8 Å². The zero-order valence-electron chi connectivity index (χ0n) is 17.8. The van der Waals surface area contributed by atoms with E-state index in [9.17, 15) is 18.0 Å². The van der Waals surface area contributed by atoms with Crippen molar-refractivity contribution in [2.45, 2.75) is 24.7 Å². The molecule has 168 valence electrons. The van der Waals surface area contributed by atoms with Gasteiger partial charge in [0.15, 0.2) is 0 Å². The van der Waals surface area contributed by atoms with Gasteiger partial charge in [-0.1, -0.05) is 11.6 Å². The first kappa shape index (κ1) is 24.6. The van der Waals surface area contributed by atoms with E-state index in [0.29, 0.717) is 17.0 Å². The van der Waals surface area contributed by atoms with E-state index in [2.05, 4.69) is 5.32 Å². The van der Waals surface area contributed by atoms with Gasteiger partial charge >= 0.3 is 5.97 Å². The molecule has 0 saturated heterocycles. The van der Waals surface area contributed by atoms with Crippen molar-refractivity contribution in [1.29, 1.82) is 0 Å². The van der Waals surface area contributed by atoms with Gasteiger partial charge < -0.3 is 14.8 Å². The van der Waals surface area contributed by atoms with Crippen molar-refractivity contribution in [2.75, 3.05) is 33.1 Å². The lowest BCUT2D eigenvalue weighted by Crippen LogP contribution is -2.22. The zero-order chi connectivity index (χ0) is 23.2. The minimum atomic E-state index is -3.61. The molecular formula is C21H25ClN2O6S. The van der Waals surface area contributed by atoms with Gasteiger partial charge in [0.05, 0.1) is 29.2 Å². The maximum absolute atomic E-state index is 12.4. The molecule has 0 bridgehead atoms. The second-order valence-electron chi connectivity index (χ2n) is 6.72. The molecule has 0 aliphatic carbocycles. The van der Waals surface area contributed by atoms with Crippen LogP contribution in [0.4, 0.5) is 5.69 Å². The Morgan fingerprint density at radius 1 is 1.13 bits per heavy atom. The highest BCUT2D eigenvalue weighted by molar-refractivity contribution is 7.89. The maximum atomic E-state index is 12.4. The Morgan fingerprint density at radius 2 is 1.84 bits per heavy atom. The summed E-state index contributed by atoms with van der Waals surface area (Å²) in [5, 5.41) is 2.88. The standard InChI is InChI=1S/C21H25ClN2O6S/c1-5-30-21(26)17-9-7-15(13-18(17)22)23-20(25)11-6-14-12-16(8-10-19(14)29-4)31(27,28)24(2)3/h7-10,12-13H,5-6,11H2,1-4H3,(H,23,25). The van der Waals surface area contributed by atoms with E-state index in [4.69, 9.17) is 21.1 Å². The molecule has 8 nitrogen and oxygen atoms in total. The summed E-state index contributed by atoms with van der Waals surface area (Å²) in [6.07, 6.45) is 0.347. The van der Waals surface area contributed by atoms with E-state index in [1.54, 1.807) is 19.1 Å². The molecule has 0 heterocycles. The summed E-state index contributed by atoms with van der Waals surface area (Å²) in [4.78, 5) is 24.3. The average molecular weight is 469 g/mol. The molecule has 0 atom stereocenters. The third-order valence-electron chi connectivity index (χ3n) is 4.40. The number of aryl methyl sites for hydroxylation is 1. The number of hydrogen-bond acceptors (Lipinski definition) is 6. The van der Waals surface area contributed by atoms with Crippen LogP contribution in [0.3, 0.4) is 0 Å². The largest absolute Gasteiger partial charge is 0.496 e. The number of methoxy groups -OCH3 is 1. The van der Waals surface area contributed by atoms with Gasteiger partial charge in [0.1, 0.15) is 5.75 Å². The fraction of sp³-hybridized carbons (Fsp3) is 0.333. The van der Waals surface area contributed by atoms with E-state index in [0.717, 1.165) is 4.31 Å². The molecule has 2 aromatic carbocycles. The summed E-state index contributed by atoms with van der Waals surface area (Å²) in [7, 11) is 0.770. The van der Waals surface area contributed by atoms with E-state index < -0.39 is 16.0 Å². The Bertz CT molecular complexity index is 1070. The van der Waals surface area contributed by atoms with Crippen molar-refractivity contribution in [3.8, 4) is 5.75 Å². The van der Waals surface area contributed by atoms with E-state index >= 15 is 0 Å². The second kappa shape index (κ2) is 10.6. The van der Waals surface area contributed by atoms with Crippen molar-refractivity contribution in [1.82, 2.24) is 4.31 Å². The lowest BCUT2D eigenvalue weighted by atomic mass is 10.1. The number of halogens is 1. The van der Waals surface area contributed by atoms with Gasteiger partial charge in [0, 0.05) is 26.2 Å². The van der Waals surface area contributed by atoms with Crippen LogP contribution < -0.4 is 10.1 Å². The number of esters is 1. The smallest absolute Gasteiger partial charge is 0.339 e. The van der Waals surface area contributed by atoms with Crippen molar-refractivity contribution in [3.63, 3.8) is 0 Å². The van der Waals surface area contributed by atoms with Crippen molar-refractivity contribution in [2.24, 2.45) is 0 Å². The van der Waals surface area contributed by atoms with Crippen LogP contribution in [0.25, 0.3) is 0 Å². The highest BCUT2D eigenvalue weighted by Gasteiger charge is 2.19. The molecule has 0 spiro atoms. The molecule has 0 unspecified atom stereocenters. The predicted octanol–water partition coefficient (Wildman–Crippen LogP) is 3.35. The monoisotopic (exact) mass is 468 g/mol. The zero-order valence-corrected chi connectivity index (χ0v) is 19.3. The quantitative estimate of drug-likeness (QED) is 0.566. The summed E-state index contributed by atoms with van der Waals surface area (Å²) < 4.78 is 36.1. The molecule has 0 aliphatic heterocycles. The Labute approximate surface area is 187 Å². The van der Waals surface area contributed by atoms with Crippen LogP contribution in [0.1, 0.15) is 29.3 Å². The van der Waals surface area contributed by atoms with Crippen LogP contribution in [0.2, 0.25) is 5.02 Å². The highest BCUT2D eigenvalue weighted by atomic mass is 35.5. The second-order valence-corrected chi connectivity index (χ2v) is 9.28. The van der Waals surface area contributed by atoms with Gasteiger partial charge in [0.2, 0.25) is 15.9 Å². The van der Waals surface area contributed by atoms with Gasteiger partial charge in [-0.25, -0.2) is 17.5 Å². The number of sulfonamides is 1. The SMILES string of the molecule is CCOC(=O)c1ccc(NC(=O)CCc2cc(S(=O)(=O)N(C)C)ccc2OC)cc1Cl. The summed E-state index contributed by atoms with van der Waals surface area (Å²) in [5.74, 6) is -0.347. The van der Waals surface area contributed by atoms with Crippen LogP contribution in [0.5, 0.6) is 5.75 Å². The molecular weight excluding hydrogens is 444 g/mol. The molecule has 1 N–H and O–H groups in total. The summed E-state index contributed by atoms with van der Waals surface area (Å²) in [5.41, 5.74) is 1.24. The van der Waals surface area contributed by atoms with Gasteiger partial charge in [-0.15, -0.1) is 0 Å². The van der Waals surface area contributed by atoms with E-state index in [1.165, 1.54) is 45.5 Å². The molecule has 1 amide bonds. The van der Waals surface area contributed by atoms with Gasteiger partial charge in [0.25, 0.3) is 0 Å². The third-order valence-corrected chi connectivity index (χ3v) is 6.52. The lowest BCUT2D eigenvalue weighted by molar-refractivity contribution is -0.116. The number of amides is 1. The number of ether oxygens (including phenoxy) is 2. The Hall–Kier alpha value is -2.62. The van der Waals surface area contributed by atoms with Crippen LogP contribution in [0.15, 0.2) is 41.3 Å². The number of carbonyl (C=O) groups excluding carboxylic acids is 2. The van der Waals surface area contributed by atoms with E-state index in [1.807, 2.05) is 0 Å². The lowest BCUT2D eigenvalue weighted by Gasteiger charge is -2.14. The minimum absolute atomic E-state index is 0.0824. The van der Waals surface area contributed by atoms with Crippen molar-refractivity contribution in [3.05, 3.63) is 52.5 Å². The minimum Gasteiger partial charge on any atom is -0.496 e. The number of nitrogens with one attached hydrogen (secondary N) is 1. The van der Waals surface area contributed by atoms with Crippen molar-refractivity contribution >= 4 is 39.2 Å². The highest BCUT2D eigenvalue weighted by Crippen LogP contribution is 2.26. The topological polar surface area (TPSA) is 102 Å². The van der Waals surface area contributed by atoms with Gasteiger partial charge in [-0.05, 0) is 55.3 Å². The van der Waals surface area contributed by atoms with Crippen LogP contribution in [-0.4, -0.2) is 52.4 Å². The molecule has 0 fully saturated rings. The number of carbonyl (C=O) groups is 2. The number of hydrogen-bond donors (Lipinski definition) is 1. The first-order chi connectivity index (χ1) is 14.6. The fourth-order valence-corrected chi connectivity index (χ4v) is 3.97. The predicted molar refractivity (Wildman–Crippen MR) is 118 cm³/mol. The Balaban J connectivity index is 2.11. The normalized spacial score (nSPS) is 11.3. The molecule has 31 heavy (non-hydrogen) atoms. The van der Waals surface area contributed by atoms with Crippen LogP contribution in [0, 0.1) is 0 Å². The number of benzene rings is 2. The van der Waals surface area contributed by atoms with Crippen molar-refractivity contribution < 1.29 is 27.5 Å². The van der Waals surface area contributed by atoms with Crippen LogP contribution >= 0.6 is 11.6 Å². The summed E-state index contributed by atoms with van der Waals surface area (Å²) >= 11 is 6.11. The molecule has 0 aromatic heterocycles. The number of nitrogens with zero attached hydrogens (tertiary/aromatic N) is 1. The Morgan fingerprint density at radius 3 is 2.42 bits per heavy atom. The van der Waals surface area contributed by atoms with Gasteiger partial charge in [-0.2, -0.15) is 0 Å². The molecule has 10 heteroatoms. The molecule has 2 rings (SSSR count). The number of rotatable bonds is 9. The molecule has 2 aromatic rings. The molecule has 0 radical (unpaired) electrons. The average Bonchev–Trinajstić information content (AvgIpc) is 2.72. The maximum Gasteiger partial charge on any atom is 0.339 e. The van der Waals surface area contributed by atoms with Crippen LogP contribution in [-0.2, 0) is 26.0 Å². The Kier molecular flexibility index (Phi) is 8.43. The first-order valence-corrected chi connectivity index (χ1v) is 11.3. The molecule has 0 aliphatic rings. The first-order valence-electron chi connectivity index (χ1n) is 9.46.